The maximum Gasteiger partial charge on any atom is 0.0808 e. The maximum atomic E-state index is 5.41. The molecule has 0 bridgehead atoms. The molecule has 0 aliphatic carbocycles. The highest BCUT2D eigenvalue weighted by molar-refractivity contribution is 7.83. The lowest BCUT2D eigenvalue weighted by Crippen LogP contribution is -1.79. The zero-order valence-electron chi connectivity index (χ0n) is 4.69. The van der Waals surface area contributed by atoms with E-state index in [0.29, 0.717) is 4.32 Å². The minimum atomic E-state index is 0.576. The molecule has 0 rings (SSSR count). The Morgan fingerprint density at radius 3 is 2.75 bits per heavy atom. The van der Waals surface area contributed by atoms with Gasteiger partial charge in [0.25, 0.3) is 0 Å². The van der Waals surface area contributed by atoms with Crippen LogP contribution in [0.15, 0.2) is 12.7 Å². The van der Waals surface area contributed by atoms with Crippen molar-refractivity contribution in [3.8, 4) is 0 Å². The van der Waals surface area contributed by atoms with Crippen LogP contribution >= 0.6 is 23.8 Å². The highest BCUT2D eigenvalue weighted by Crippen LogP contribution is 2.00. The monoisotopic (exact) mass is 148 g/mol. The van der Waals surface area contributed by atoms with Crippen LogP contribution in [0, 0.1) is 0 Å². The molecule has 0 aromatic carbocycles. The van der Waals surface area contributed by atoms with Gasteiger partial charge in [-0.2, -0.15) is 0 Å². The van der Waals surface area contributed by atoms with E-state index in [2.05, 4.69) is 18.8 Å². The third-order valence-corrected chi connectivity index (χ3v) is 1.17. The van der Waals surface area contributed by atoms with Crippen LogP contribution in [-0.4, -0.2) is 4.32 Å². The van der Waals surface area contributed by atoms with Gasteiger partial charge in [-0.3, -0.25) is 0 Å². The number of halogens is 1. The Morgan fingerprint density at radius 1 is 1.75 bits per heavy atom. The van der Waals surface area contributed by atoms with Crippen molar-refractivity contribution in [3.63, 3.8) is 0 Å². The van der Waals surface area contributed by atoms with Crippen molar-refractivity contribution in [1.82, 2.24) is 0 Å². The van der Waals surface area contributed by atoms with Crippen LogP contribution in [0.4, 0.5) is 0 Å². The van der Waals surface area contributed by atoms with Gasteiger partial charge >= 0.3 is 0 Å². The lowest BCUT2D eigenvalue weighted by Gasteiger charge is -1.88. The standard InChI is InChI=1S/C6H9ClS/c1-2-3-4-5-6(7)8/h2H,1,3-5H2. The van der Waals surface area contributed by atoms with Gasteiger partial charge in [0.05, 0.1) is 4.32 Å². The molecule has 0 saturated carbocycles. The average Bonchev–Trinajstić information content (AvgIpc) is 1.66. The summed E-state index contributed by atoms with van der Waals surface area (Å²) in [6.07, 6.45) is 4.75. The van der Waals surface area contributed by atoms with Gasteiger partial charge < -0.3 is 0 Å². The summed E-state index contributed by atoms with van der Waals surface area (Å²) >= 11 is 10.1. The molecule has 0 aromatic rings. The van der Waals surface area contributed by atoms with Crippen molar-refractivity contribution in [2.75, 3.05) is 0 Å². The molecule has 0 heterocycles. The quantitative estimate of drug-likeness (QED) is 0.256. The predicted octanol–water partition coefficient (Wildman–Crippen LogP) is 2.91. The Labute approximate surface area is 60.5 Å². The summed E-state index contributed by atoms with van der Waals surface area (Å²) in [4.78, 5) is 0. The molecule has 0 unspecified atom stereocenters. The fourth-order valence-electron chi connectivity index (χ4n) is 0.385. The number of hydrogen-bond donors (Lipinski definition) is 0. The van der Waals surface area contributed by atoms with Gasteiger partial charge in [0.15, 0.2) is 0 Å². The molecule has 0 nitrogen and oxygen atoms in total. The first-order chi connectivity index (χ1) is 3.77. The normalized spacial score (nSPS) is 8.62. The van der Waals surface area contributed by atoms with E-state index in [9.17, 15) is 0 Å². The summed E-state index contributed by atoms with van der Waals surface area (Å²) in [5.74, 6) is 0. The Bertz CT molecular complexity index is 88.5. The van der Waals surface area contributed by atoms with Crippen molar-refractivity contribution in [2.45, 2.75) is 19.3 Å². The second-order valence-electron chi connectivity index (χ2n) is 1.54. The number of hydrogen-bond acceptors (Lipinski definition) is 1. The molecule has 0 aliphatic rings. The van der Waals surface area contributed by atoms with Crippen LogP contribution in [0.25, 0.3) is 0 Å². The third kappa shape index (κ3) is 6.12. The first-order valence-corrected chi connectivity index (χ1v) is 3.35. The van der Waals surface area contributed by atoms with Gasteiger partial charge in [-0.15, -0.1) is 6.58 Å². The van der Waals surface area contributed by atoms with E-state index >= 15 is 0 Å². The van der Waals surface area contributed by atoms with Crippen LogP contribution in [0.5, 0.6) is 0 Å². The van der Waals surface area contributed by atoms with Crippen LogP contribution in [-0.2, 0) is 0 Å². The van der Waals surface area contributed by atoms with E-state index in [-0.39, 0.29) is 0 Å². The average molecular weight is 149 g/mol. The molecule has 0 N–H and O–H groups in total. The minimum Gasteiger partial charge on any atom is -0.103 e. The molecule has 0 radical (unpaired) electrons. The van der Waals surface area contributed by atoms with Crippen molar-refractivity contribution in [1.29, 1.82) is 0 Å². The summed E-state index contributed by atoms with van der Waals surface area (Å²) in [5.41, 5.74) is 0. The fourth-order valence-corrected chi connectivity index (χ4v) is 0.663. The molecule has 0 aromatic heterocycles. The highest BCUT2D eigenvalue weighted by atomic mass is 35.5. The maximum absolute atomic E-state index is 5.41. The highest BCUT2D eigenvalue weighted by Gasteiger charge is 1.87. The first kappa shape index (κ1) is 8.12. The Kier molecular flexibility index (Phi) is 5.34. The lowest BCUT2D eigenvalue weighted by atomic mass is 10.2. The second-order valence-corrected chi connectivity index (χ2v) is 2.71. The Morgan fingerprint density at radius 2 is 2.38 bits per heavy atom. The largest absolute Gasteiger partial charge is 0.103 e. The number of rotatable bonds is 4. The number of allylic oxidation sites excluding steroid dienone is 1. The van der Waals surface area contributed by atoms with Gasteiger partial charge in [0.1, 0.15) is 0 Å². The lowest BCUT2D eigenvalue weighted by molar-refractivity contribution is 0.908. The molecule has 0 atom stereocenters. The zero-order chi connectivity index (χ0) is 6.41. The van der Waals surface area contributed by atoms with E-state index in [0.717, 1.165) is 19.3 Å². The topological polar surface area (TPSA) is 0 Å². The summed E-state index contributed by atoms with van der Waals surface area (Å²) in [5, 5.41) is 0. The van der Waals surface area contributed by atoms with Crippen LogP contribution in [0.1, 0.15) is 19.3 Å². The summed E-state index contributed by atoms with van der Waals surface area (Å²) < 4.78 is 0.576. The Hall–Kier alpha value is 0.120. The molecule has 0 aliphatic heterocycles. The van der Waals surface area contributed by atoms with Crippen molar-refractivity contribution in [2.24, 2.45) is 0 Å². The fraction of sp³-hybridized carbons (Fsp3) is 0.500. The molecule has 0 saturated heterocycles. The van der Waals surface area contributed by atoms with Crippen LogP contribution in [0.2, 0.25) is 0 Å². The molecule has 0 spiro atoms. The van der Waals surface area contributed by atoms with E-state index < -0.39 is 0 Å². The van der Waals surface area contributed by atoms with Gasteiger partial charge in [-0.05, 0) is 19.3 Å². The summed E-state index contributed by atoms with van der Waals surface area (Å²) in [7, 11) is 0. The van der Waals surface area contributed by atoms with Crippen molar-refractivity contribution in [3.05, 3.63) is 12.7 Å². The van der Waals surface area contributed by atoms with E-state index in [1.165, 1.54) is 0 Å². The predicted molar refractivity (Wildman–Crippen MR) is 42.5 cm³/mol. The summed E-state index contributed by atoms with van der Waals surface area (Å²) in [6.45, 7) is 3.57. The van der Waals surface area contributed by atoms with E-state index in [1.807, 2.05) is 6.08 Å². The van der Waals surface area contributed by atoms with Gasteiger partial charge in [-0.25, -0.2) is 0 Å². The third-order valence-electron chi connectivity index (χ3n) is 0.782. The van der Waals surface area contributed by atoms with Crippen LogP contribution < -0.4 is 0 Å². The first-order valence-electron chi connectivity index (χ1n) is 2.56. The molecular formula is C6H9ClS. The molecule has 46 valence electrons. The number of thiocarbonyl (C=S) groups is 1. The molecule has 0 fully saturated rings. The van der Waals surface area contributed by atoms with Crippen LogP contribution in [0.3, 0.4) is 0 Å². The molecular weight excluding hydrogens is 140 g/mol. The molecule has 8 heavy (non-hydrogen) atoms. The Balaban J connectivity index is 2.93. The van der Waals surface area contributed by atoms with Gasteiger partial charge in [0, 0.05) is 0 Å². The number of unbranched alkanes of at least 4 members (excludes halogenated alkanes) is 1. The molecule has 0 amide bonds. The van der Waals surface area contributed by atoms with Crippen molar-refractivity contribution >= 4 is 28.1 Å². The van der Waals surface area contributed by atoms with Gasteiger partial charge in [0.2, 0.25) is 0 Å². The van der Waals surface area contributed by atoms with E-state index in [4.69, 9.17) is 11.6 Å². The smallest absolute Gasteiger partial charge is 0.0808 e. The van der Waals surface area contributed by atoms with Gasteiger partial charge in [-0.1, -0.05) is 29.9 Å². The SMILES string of the molecule is C=CCCCC(=S)Cl. The van der Waals surface area contributed by atoms with Crippen molar-refractivity contribution < 1.29 is 0 Å². The second kappa shape index (κ2) is 5.26. The summed E-state index contributed by atoms with van der Waals surface area (Å²) in [6, 6.07) is 0. The zero-order valence-corrected chi connectivity index (χ0v) is 6.26. The minimum absolute atomic E-state index is 0.576. The van der Waals surface area contributed by atoms with E-state index in [1.54, 1.807) is 0 Å². The molecule has 2 heteroatoms.